The van der Waals surface area contributed by atoms with E-state index < -0.39 is 5.97 Å². The molecule has 2 saturated heterocycles. The summed E-state index contributed by atoms with van der Waals surface area (Å²) in [5.41, 5.74) is 2.23. The summed E-state index contributed by atoms with van der Waals surface area (Å²) >= 11 is 0. The predicted octanol–water partition coefficient (Wildman–Crippen LogP) is 3.06. The van der Waals surface area contributed by atoms with Crippen molar-refractivity contribution in [3.8, 4) is 0 Å². The van der Waals surface area contributed by atoms with Crippen molar-refractivity contribution in [2.45, 2.75) is 59.3 Å². The van der Waals surface area contributed by atoms with E-state index >= 15 is 0 Å². The van der Waals surface area contributed by atoms with Crippen LogP contribution in [-0.4, -0.2) is 65.4 Å². The van der Waals surface area contributed by atoms with Crippen molar-refractivity contribution in [1.82, 2.24) is 14.8 Å². The van der Waals surface area contributed by atoms with Gasteiger partial charge >= 0.3 is 5.97 Å². The van der Waals surface area contributed by atoms with Crippen molar-refractivity contribution in [2.75, 3.05) is 32.8 Å². The maximum Gasteiger partial charge on any atom is 0.340 e. The van der Waals surface area contributed by atoms with E-state index in [2.05, 4.69) is 4.98 Å². The highest BCUT2D eigenvalue weighted by Gasteiger charge is 2.30. The predicted molar refractivity (Wildman–Crippen MR) is 110 cm³/mol. The molecule has 1 aromatic heterocycles. The molecule has 0 aliphatic carbocycles. The van der Waals surface area contributed by atoms with Crippen LogP contribution in [0, 0.1) is 19.8 Å². The highest BCUT2D eigenvalue weighted by molar-refractivity contribution is 6.00. The van der Waals surface area contributed by atoms with Gasteiger partial charge in [-0.3, -0.25) is 9.59 Å². The van der Waals surface area contributed by atoms with Gasteiger partial charge in [-0.05, 0) is 64.4 Å². The van der Waals surface area contributed by atoms with Gasteiger partial charge in [0.2, 0.25) is 5.91 Å². The Morgan fingerprint density at radius 1 is 1.00 bits per heavy atom. The summed E-state index contributed by atoms with van der Waals surface area (Å²) in [6.07, 6.45) is 5.72. The second kappa shape index (κ2) is 9.46. The second-order valence-corrected chi connectivity index (χ2v) is 8.23. The summed E-state index contributed by atoms with van der Waals surface area (Å²) < 4.78 is 5.11. The summed E-state index contributed by atoms with van der Waals surface area (Å²) in [4.78, 5) is 44.6. The van der Waals surface area contributed by atoms with Crippen LogP contribution in [-0.2, 0) is 9.53 Å². The van der Waals surface area contributed by atoms with Crippen molar-refractivity contribution in [3.05, 3.63) is 22.5 Å². The molecule has 2 amide bonds. The van der Waals surface area contributed by atoms with Crippen LogP contribution in [0.4, 0.5) is 0 Å². The Balaban J connectivity index is 1.57. The molecule has 0 saturated carbocycles. The van der Waals surface area contributed by atoms with Gasteiger partial charge in [0.25, 0.3) is 5.91 Å². The molecule has 0 radical (unpaired) electrons. The van der Waals surface area contributed by atoms with E-state index in [1.165, 1.54) is 6.42 Å². The van der Waals surface area contributed by atoms with E-state index in [9.17, 15) is 14.4 Å². The van der Waals surface area contributed by atoms with Crippen LogP contribution in [0.2, 0.25) is 0 Å². The number of carbonyl (C=O) groups is 3. The number of nitrogens with zero attached hydrogens (tertiary/aromatic N) is 2. The van der Waals surface area contributed by atoms with Crippen molar-refractivity contribution in [3.63, 3.8) is 0 Å². The lowest BCUT2D eigenvalue weighted by Gasteiger charge is -2.33. The fourth-order valence-electron chi connectivity index (χ4n) is 4.49. The number of aromatic nitrogens is 1. The largest absolute Gasteiger partial charge is 0.462 e. The Morgan fingerprint density at radius 2 is 1.66 bits per heavy atom. The van der Waals surface area contributed by atoms with Gasteiger partial charge in [0.1, 0.15) is 5.69 Å². The third-order valence-electron chi connectivity index (χ3n) is 6.20. The van der Waals surface area contributed by atoms with Crippen molar-refractivity contribution < 1.29 is 19.1 Å². The van der Waals surface area contributed by atoms with Crippen LogP contribution in [0.15, 0.2) is 0 Å². The maximum atomic E-state index is 13.0. The summed E-state index contributed by atoms with van der Waals surface area (Å²) in [6, 6.07) is 0. The van der Waals surface area contributed by atoms with E-state index in [0.29, 0.717) is 54.5 Å². The van der Waals surface area contributed by atoms with Crippen molar-refractivity contribution in [2.24, 2.45) is 5.92 Å². The number of likely N-dealkylation sites (tertiary alicyclic amines) is 2. The number of H-pyrrole nitrogens is 1. The van der Waals surface area contributed by atoms with Gasteiger partial charge < -0.3 is 19.5 Å². The van der Waals surface area contributed by atoms with Crippen LogP contribution in [0.5, 0.6) is 0 Å². The molecular weight excluding hydrogens is 370 g/mol. The van der Waals surface area contributed by atoms with Crippen LogP contribution in [0.25, 0.3) is 0 Å². The standard InChI is InChI=1S/C22H33N3O4/c1-4-29-22(28)19-15(2)20(23-16(19)3)21(27)25-12-8-17(9-13-25)14-18(26)24-10-6-5-7-11-24/h17,23H,4-14H2,1-3H3. The highest BCUT2D eigenvalue weighted by atomic mass is 16.5. The normalized spacial score (nSPS) is 18.0. The average molecular weight is 404 g/mol. The number of rotatable bonds is 5. The Hall–Kier alpha value is -2.31. The number of ether oxygens (including phenoxy) is 1. The highest BCUT2D eigenvalue weighted by Crippen LogP contribution is 2.26. The first-order chi connectivity index (χ1) is 13.9. The smallest absolute Gasteiger partial charge is 0.340 e. The molecule has 3 rings (SSSR count). The Bertz CT molecular complexity index is 756. The Labute approximate surface area is 172 Å². The molecular formula is C22H33N3O4. The molecule has 3 heterocycles. The first-order valence-corrected chi connectivity index (χ1v) is 10.9. The van der Waals surface area contributed by atoms with Crippen LogP contribution in [0.1, 0.15) is 77.6 Å². The molecule has 0 aromatic carbocycles. The fourth-order valence-corrected chi connectivity index (χ4v) is 4.49. The van der Waals surface area contributed by atoms with E-state index in [0.717, 1.165) is 38.8 Å². The second-order valence-electron chi connectivity index (χ2n) is 8.23. The van der Waals surface area contributed by atoms with Crippen LogP contribution in [0.3, 0.4) is 0 Å². The maximum absolute atomic E-state index is 13.0. The van der Waals surface area contributed by atoms with Crippen LogP contribution >= 0.6 is 0 Å². The van der Waals surface area contributed by atoms with E-state index in [1.807, 2.05) is 9.80 Å². The summed E-state index contributed by atoms with van der Waals surface area (Å²) in [6.45, 7) is 8.71. The third kappa shape index (κ3) is 4.82. The molecule has 0 spiro atoms. The molecule has 7 heteroatoms. The topological polar surface area (TPSA) is 82.7 Å². The average Bonchev–Trinajstić information content (AvgIpc) is 3.03. The van der Waals surface area contributed by atoms with Crippen molar-refractivity contribution in [1.29, 1.82) is 0 Å². The van der Waals surface area contributed by atoms with Gasteiger partial charge in [0.05, 0.1) is 12.2 Å². The molecule has 0 atom stereocenters. The molecule has 2 fully saturated rings. The number of hydrogen-bond acceptors (Lipinski definition) is 4. The van der Waals surface area contributed by atoms with Crippen molar-refractivity contribution >= 4 is 17.8 Å². The molecule has 0 unspecified atom stereocenters. The summed E-state index contributed by atoms with van der Waals surface area (Å²) in [7, 11) is 0. The minimum atomic E-state index is -0.396. The first kappa shape index (κ1) is 21.4. The van der Waals surface area contributed by atoms with E-state index in [1.54, 1.807) is 20.8 Å². The molecule has 160 valence electrons. The monoisotopic (exact) mass is 403 g/mol. The third-order valence-corrected chi connectivity index (χ3v) is 6.20. The number of nitrogens with one attached hydrogen (secondary N) is 1. The van der Waals surface area contributed by atoms with Gasteiger partial charge in [-0.1, -0.05) is 0 Å². The molecule has 1 aromatic rings. The number of piperidine rings is 2. The minimum absolute atomic E-state index is 0.0815. The zero-order valence-corrected chi connectivity index (χ0v) is 17.9. The molecule has 1 N–H and O–H groups in total. The van der Waals surface area contributed by atoms with Crippen LogP contribution < -0.4 is 0 Å². The quantitative estimate of drug-likeness (QED) is 0.766. The molecule has 0 bridgehead atoms. The minimum Gasteiger partial charge on any atom is -0.462 e. The summed E-state index contributed by atoms with van der Waals surface area (Å²) in [5.74, 6) is 0.133. The van der Waals surface area contributed by atoms with Gasteiger partial charge in [-0.2, -0.15) is 0 Å². The Kier molecular flexibility index (Phi) is 6.98. The fraction of sp³-hybridized carbons (Fsp3) is 0.682. The zero-order chi connectivity index (χ0) is 21.0. The molecule has 2 aliphatic rings. The lowest BCUT2D eigenvalue weighted by Crippen LogP contribution is -2.41. The van der Waals surface area contributed by atoms with Gasteiger partial charge in [0.15, 0.2) is 0 Å². The SMILES string of the molecule is CCOC(=O)c1c(C)[nH]c(C(=O)N2CCC(CC(=O)N3CCCCC3)CC2)c1C. The van der Waals surface area contributed by atoms with E-state index in [4.69, 9.17) is 4.74 Å². The number of aromatic amines is 1. The summed E-state index contributed by atoms with van der Waals surface area (Å²) in [5, 5.41) is 0. The number of carbonyl (C=O) groups excluding carboxylic acids is 3. The number of hydrogen-bond donors (Lipinski definition) is 1. The molecule has 29 heavy (non-hydrogen) atoms. The Morgan fingerprint density at radius 3 is 2.28 bits per heavy atom. The van der Waals surface area contributed by atoms with Gasteiger partial charge in [0, 0.05) is 38.3 Å². The number of aryl methyl sites for hydroxylation is 1. The van der Waals surface area contributed by atoms with Gasteiger partial charge in [-0.25, -0.2) is 4.79 Å². The lowest BCUT2D eigenvalue weighted by atomic mass is 9.92. The lowest BCUT2D eigenvalue weighted by molar-refractivity contribution is -0.133. The zero-order valence-electron chi connectivity index (χ0n) is 17.9. The first-order valence-electron chi connectivity index (χ1n) is 10.9. The molecule has 2 aliphatic heterocycles. The number of esters is 1. The van der Waals surface area contributed by atoms with Gasteiger partial charge in [-0.15, -0.1) is 0 Å². The number of amides is 2. The molecule has 7 nitrogen and oxygen atoms in total. The van der Waals surface area contributed by atoms with E-state index in [-0.39, 0.29) is 11.8 Å².